The lowest BCUT2D eigenvalue weighted by Crippen LogP contribution is -2.51. The fourth-order valence-electron chi connectivity index (χ4n) is 3.40. The Bertz CT molecular complexity index is 542. The lowest BCUT2D eigenvalue weighted by Gasteiger charge is -2.32. The second-order valence-electron chi connectivity index (χ2n) is 6.52. The number of carbonyl (C=O) groups is 1. The second-order valence-corrected chi connectivity index (χ2v) is 6.52. The van der Waals surface area contributed by atoms with Crippen molar-refractivity contribution in [2.24, 2.45) is 5.92 Å². The van der Waals surface area contributed by atoms with Gasteiger partial charge < -0.3 is 19.9 Å². The number of benzene rings is 1. The predicted molar refractivity (Wildman–Crippen MR) is 86.5 cm³/mol. The molecule has 5 heteroatoms. The van der Waals surface area contributed by atoms with Crippen molar-refractivity contribution < 1.29 is 19.4 Å². The van der Waals surface area contributed by atoms with E-state index in [1.54, 1.807) is 6.07 Å². The van der Waals surface area contributed by atoms with Crippen molar-refractivity contribution in [2.45, 2.75) is 57.3 Å². The molecule has 1 aromatic rings. The first-order valence-corrected chi connectivity index (χ1v) is 8.53. The van der Waals surface area contributed by atoms with Crippen molar-refractivity contribution in [3.05, 3.63) is 24.3 Å². The molecule has 1 amide bonds. The minimum Gasteiger partial charge on any atom is -0.482 e. The van der Waals surface area contributed by atoms with Gasteiger partial charge in [-0.25, -0.2) is 0 Å². The topological polar surface area (TPSA) is 67.8 Å². The molecule has 1 heterocycles. The zero-order valence-corrected chi connectivity index (χ0v) is 13.5. The predicted octanol–water partition coefficient (Wildman–Crippen LogP) is 2.27. The molecule has 126 valence electrons. The molecular formula is C18H25NO4. The number of carbonyl (C=O) groups excluding carboxylic acids is 1. The van der Waals surface area contributed by atoms with Gasteiger partial charge in [0.25, 0.3) is 5.91 Å². The molecule has 0 spiro atoms. The van der Waals surface area contributed by atoms with Crippen LogP contribution in [0.2, 0.25) is 0 Å². The maximum Gasteiger partial charge on any atom is 0.265 e. The molecule has 0 aromatic heterocycles. The van der Waals surface area contributed by atoms with Crippen molar-refractivity contribution >= 4 is 5.91 Å². The fourth-order valence-corrected chi connectivity index (χ4v) is 3.40. The smallest absolute Gasteiger partial charge is 0.265 e. The monoisotopic (exact) mass is 319 g/mol. The number of rotatable bonds is 4. The van der Waals surface area contributed by atoms with Crippen molar-refractivity contribution in [3.63, 3.8) is 0 Å². The molecule has 2 aliphatic rings. The van der Waals surface area contributed by atoms with Crippen LogP contribution in [-0.2, 0) is 4.79 Å². The van der Waals surface area contributed by atoms with Crippen molar-refractivity contribution in [1.82, 2.24) is 5.32 Å². The molecule has 2 N–H and O–H groups in total. The number of amides is 1. The third-order valence-corrected chi connectivity index (χ3v) is 4.78. The number of hydrogen-bond acceptors (Lipinski definition) is 4. The normalized spacial score (nSPS) is 25.7. The van der Waals surface area contributed by atoms with Crippen LogP contribution in [0.1, 0.15) is 39.0 Å². The Morgan fingerprint density at radius 3 is 2.57 bits per heavy atom. The Morgan fingerprint density at radius 1 is 1.22 bits per heavy atom. The molecular weight excluding hydrogens is 294 g/mol. The van der Waals surface area contributed by atoms with Crippen LogP contribution in [0.25, 0.3) is 0 Å². The van der Waals surface area contributed by atoms with E-state index in [1.807, 2.05) is 25.1 Å². The largest absolute Gasteiger partial charge is 0.482 e. The van der Waals surface area contributed by atoms with E-state index >= 15 is 0 Å². The van der Waals surface area contributed by atoms with Gasteiger partial charge in [-0.05, 0) is 37.8 Å². The number of hydrogen-bond donors (Lipinski definition) is 2. The van der Waals surface area contributed by atoms with Gasteiger partial charge in [-0.15, -0.1) is 0 Å². The second kappa shape index (κ2) is 7.21. The highest BCUT2D eigenvalue weighted by molar-refractivity contribution is 5.82. The summed E-state index contributed by atoms with van der Waals surface area (Å²) in [5.74, 6) is 1.30. The zero-order chi connectivity index (χ0) is 16.2. The molecule has 0 radical (unpaired) electrons. The molecule has 5 nitrogen and oxygen atoms in total. The summed E-state index contributed by atoms with van der Waals surface area (Å²) in [7, 11) is 0. The Morgan fingerprint density at radius 2 is 1.87 bits per heavy atom. The highest BCUT2D eigenvalue weighted by Gasteiger charge is 2.34. The molecule has 0 saturated heterocycles. The zero-order valence-electron chi connectivity index (χ0n) is 13.5. The molecule has 3 atom stereocenters. The maximum atomic E-state index is 12.4. The molecule has 1 aliphatic carbocycles. The van der Waals surface area contributed by atoms with Crippen LogP contribution in [0.15, 0.2) is 24.3 Å². The summed E-state index contributed by atoms with van der Waals surface area (Å²) in [5, 5.41) is 13.1. The van der Waals surface area contributed by atoms with E-state index in [9.17, 15) is 9.90 Å². The fraction of sp³-hybridized carbons (Fsp3) is 0.611. The summed E-state index contributed by atoms with van der Waals surface area (Å²) < 4.78 is 11.5. The van der Waals surface area contributed by atoms with E-state index in [-0.39, 0.29) is 18.6 Å². The van der Waals surface area contributed by atoms with E-state index in [1.165, 1.54) is 19.3 Å². The number of aliphatic hydroxyl groups excluding tert-OH is 1. The number of ether oxygens (including phenoxy) is 2. The van der Waals surface area contributed by atoms with Gasteiger partial charge in [0, 0.05) is 6.54 Å². The quantitative estimate of drug-likeness (QED) is 0.893. The van der Waals surface area contributed by atoms with E-state index in [4.69, 9.17) is 9.47 Å². The van der Waals surface area contributed by atoms with E-state index in [0.717, 1.165) is 12.8 Å². The van der Waals surface area contributed by atoms with Crippen molar-refractivity contribution in [2.75, 3.05) is 6.54 Å². The number of fused-ring (bicyclic) bond motifs is 1. The molecule has 23 heavy (non-hydrogen) atoms. The highest BCUT2D eigenvalue weighted by Crippen LogP contribution is 2.33. The third kappa shape index (κ3) is 3.78. The molecule has 1 saturated carbocycles. The molecule has 1 aliphatic heterocycles. The number of nitrogens with one attached hydrogen (secondary N) is 1. The van der Waals surface area contributed by atoms with E-state index in [2.05, 4.69) is 5.32 Å². The van der Waals surface area contributed by atoms with Crippen LogP contribution in [-0.4, -0.2) is 35.9 Å². The SMILES string of the molecule is C[C@@H]1Oc2ccccc2O[C@H]1C(=O)NC[C@@H](O)C1CCCCC1. The van der Waals surface area contributed by atoms with Crippen LogP contribution in [0.4, 0.5) is 0 Å². The van der Waals surface area contributed by atoms with Gasteiger partial charge in [-0.1, -0.05) is 31.4 Å². The van der Waals surface area contributed by atoms with Gasteiger partial charge in [0.2, 0.25) is 6.10 Å². The van der Waals surface area contributed by atoms with Crippen molar-refractivity contribution in [3.8, 4) is 11.5 Å². The summed E-state index contributed by atoms with van der Waals surface area (Å²) >= 11 is 0. The van der Waals surface area contributed by atoms with Crippen LogP contribution in [0.5, 0.6) is 11.5 Å². The Kier molecular flexibility index (Phi) is 5.06. The summed E-state index contributed by atoms with van der Waals surface area (Å²) in [6.07, 6.45) is 4.14. The minimum absolute atomic E-state index is 0.234. The van der Waals surface area contributed by atoms with E-state index < -0.39 is 12.2 Å². The average Bonchev–Trinajstić information content (AvgIpc) is 2.59. The summed E-state index contributed by atoms with van der Waals surface area (Å²) in [6, 6.07) is 7.33. The van der Waals surface area contributed by atoms with Gasteiger partial charge >= 0.3 is 0 Å². The summed E-state index contributed by atoms with van der Waals surface area (Å²) in [6.45, 7) is 2.09. The Hall–Kier alpha value is -1.75. The number of para-hydroxylation sites is 2. The van der Waals surface area contributed by atoms with Crippen LogP contribution in [0.3, 0.4) is 0 Å². The first-order valence-electron chi connectivity index (χ1n) is 8.53. The third-order valence-electron chi connectivity index (χ3n) is 4.78. The molecule has 1 fully saturated rings. The van der Waals surface area contributed by atoms with Crippen LogP contribution in [0, 0.1) is 5.92 Å². The van der Waals surface area contributed by atoms with Gasteiger partial charge in [-0.3, -0.25) is 4.79 Å². The van der Waals surface area contributed by atoms with E-state index in [0.29, 0.717) is 17.4 Å². The summed E-state index contributed by atoms with van der Waals surface area (Å²) in [5.41, 5.74) is 0. The first kappa shape index (κ1) is 16.1. The Balaban J connectivity index is 1.54. The minimum atomic E-state index is -0.691. The highest BCUT2D eigenvalue weighted by atomic mass is 16.6. The lowest BCUT2D eigenvalue weighted by atomic mass is 9.85. The van der Waals surface area contributed by atoms with Crippen LogP contribution < -0.4 is 14.8 Å². The molecule has 0 bridgehead atoms. The van der Waals surface area contributed by atoms with Gasteiger partial charge in [0.15, 0.2) is 11.5 Å². The molecule has 1 aromatic carbocycles. The van der Waals surface area contributed by atoms with Crippen molar-refractivity contribution in [1.29, 1.82) is 0 Å². The van der Waals surface area contributed by atoms with Gasteiger partial charge in [0.1, 0.15) is 6.10 Å². The summed E-state index contributed by atoms with van der Waals surface area (Å²) in [4.78, 5) is 12.4. The Labute approximate surface area is 137 Å². The average molecular weight is 319 g/mol. The maximum absolute atomic E-state index is 12.4. The van der Waals surface area contributed by atoms with Crippen LogP contribution >= 0.6 is 0 Å². The standard InChI is InChI=1S/C18H25NO4/c1-12-17(23-16-10-6-5-9-15(16)22-12)18(21)19-11-14(20)13-7-3-2-4-8-13/h5-6,9-10,12-14,17,20H,2-4,7-8,11H2,1H3,(H,19,21)/t12-,14+,17+/m0/s1. The molecule has 3 rings (SSSR count). The lowest BCUT2D eigenvalue weighted by molar-refractivity contribution is -0.134. The van der Waals surface area contributed by atoms with Gasteiger partial charge in [0.05, 0.1) is 6.10 Å². The molecule has 0 unspecified atom stereocenters. The van der Waals surface area contributed by atoms with Gasteiger partial charge in [-0.2, -0.15) is 0 Å². The number of aliphatic hydroxyl groups is 1. The first-order chi connectivity index (χ1) is 11.1.